The van der Waals surface area contributed by atoms with Gasteiger partial charge in [0.25, 0.3) is 0 Å². The maximum Gasteiger partial charge on any atom is 0.311 e. The molecule has 4 fully saturated rings. The lowest BCUT2D eigenvalue weighted by Crippen LogP contribution is -2.43. The average molecular weight is 641 g/mol. The number of carbonyl (C=O) groups excluding carboxylic acids is 2. The van der Waals surface area contributed by atoms with Gasteiger partial charge in [0.05, 0.1) is 12.2 Å². The van der Waals surface area contributed by atoms with Crippen molar-refractivity contribution in [1.29, 1.82) is 0 Å². The van der Waals surface area contributed by atoms with Gasteiger partial charge in [-0.1, -0.05) is 26.0 Å². The van der Waals surface area contributed by atoms with Crippen LogP contribution in [0, 0.1) is 34.5 Å². The topological polar surface area (TPSA) is 93.1 Å². The van der Waals surface area contributed by atoms with E-state index in [1.54, 1.807) is 0 Å². The number of aryl methyl sites for hydroxylation is 2. The summed E-state index contributed by atoms with van der Waals surface area (Å²) in [6.45, 7) is 4.61. The molecule has 0 heterocycles. The summed E-state index contributed by atoms with van der Waals surface area (Å²) in [4.78, 5) is 25.4. The zero-order chi connectivity index (χ0) is 32.5. The minimum atomic E-state index is -0.318. The van der Waals surface area contributed by atoms with Crippen LogP contribution in [-0.4, -0.2) is 34.4 Å². The van der Waals surface area contributed by atoms with Gasteiger partial charge in [-0.3, -0.25) is 9.59 Å². The van der Waals surface area contributed by atoms with E-state index in [0.717, 1.165) is 77.0 Å². The number of esters is 2. The molecule has 0 aliphatic heterocycles. The third kappa shape index (κ3) is 5.37. The van der Waals surface area contributed by atoms with Gasteiger partial charge in [-0.25, -0.2) is 0 Å². The van der Waals surface area contributed by atoms with Gasteiger partial charge in [-0.15, -0.1) is 0 Å². The molecule has 4 saturated carbocycles. The normalized spacial score (nSPS) is 38.2. The maximum atomic E-state index is 12.7. The Morgan fingerprint density at radius 1 is 0.660 bits per heavy atom. The van der Waals surface area contributed by atoms with Gasteiger partial charge >= 0.3 is 11.9 Å². The first kappa shape index (κ1) is 31.6. The molecule has 0 bridgehead atoms. The molecule has 6 aliphatic carbocycles. The maximum absolute atomic E-state index is 12.7. The van der Waals surface area contributed by atoms with Crippen molar-refractivity contribution in [3.8, 4) is 11.5 Å². The quantitative estimate of drug-likeness (QED) is 0.247. The number of fused-ring (bicyclic) bond motifs is 10. The lowest BCUT2D eigenvalue weighted by Gasteiger charge is -2.50. The predicted octanol–water partition coefficient (Wildman–Crippen LogP) is 7.80. The van der Waals surface area contributed by atoms with Gasteiger partial charge in [0.15, 0.2) is 0 Å². The van der Waals surface area contributed by atoms with Gasteiger partial charge in [0, 0.05) is 12.8 Å². The van der Waals surface area contributed by atoms with Gasteiger partial charge < -0.3 is 19.7 Å². The monoisotopic (exact) mass is 640 g/mol. The van der Waals surface area contributed by atoms with Crippen LogP contribution < -0.4 is 9.47 Å². The Kier molecular flexibility index (Phi) is 8.07. The predicted molar refractivity (Wildman–Crippen MR) is 179 cm³/mol. The van der Waals surface area contributed by atoms with Crippen LogP contribution in [-0.2, 0) is 22.4 Å². The first-order valence-electron chi connectivity index (χ1n) is 18.7. The van der Waals surface area contributed by atoms with E-state index in [4.69, 9.17) is 9.47 Å². The van der Waals surface area contributed by atoms with Crippen LogP contribution in [0.1, 0.15) is 131 Å². The van der Waals surface area contributed by atoms with E-state index in [9.17, 15) is 19.8 Å². The summed E-state index contributed by atoms with van der Waals surface area (Å²) < 4.78 is 11.4. The molecule has 0 spiro atoms. The van der Waals surface area contributed by atoms with E-state index in [0.29, 0.717) is 53.4 Å². The number of hydrogen-bond donors (Lipinski definition) is 2. The van der Waals surface area contributed by atoms with Gasteiger partial charge in [-0.05, 0) is 176 Å². The largest absolute Gasteiger partial charge is 0.427 e. The Morgan fingerprint density at radius 3 is 1.55 bits per heavy atom. The Morgan fingerprint density at radius 2 is 1.11 bits per heavy atom. The Labute approximate surface area is 279 Å². The van der Waals surface area contributed by atoms with Crippen LogP contribution in [0.2, 0.25) is 0 Å². The van der Waals surface area contributed by atoms with Crippen molar-refractivity contribution < 1.29 is 29.3 Å². The Balaban J connectivity index is 0.818. The van der Waals surface area contributed by atoms with Gasteiger partial charge in [0.2, 0.25) is 0 Å². The number of ether oxygens (including phenoxy) is 2. The van der Waals surface area contributed by atoms with Crippen molar-refractivity contribution in [3.63, 3.8) is 0 Å². The summed E-state index contributed by atoms with van der Waals surface area (Å²) >= 11 is 0. The molecule has 6 aliphatic rings. The van der Waals surface area contributed by atoms with Crippen molar-refractivity contribution >= 4 is 11.9 Å². The van der Waals surface area contributed by atoms with E-state index in [1.165, 1.54) is 22.3 Å². The third-order valence-electron chi connectivity index (χ3n) is 14.5. The molecule has 6 heteroatoms. The second-order valence-electron chi connectivity index (χ2n) is 16.6. The molecule has 2 aromatic rings. The smallest absolute Gasteiger partial charge is 0.311 e. The van der Waals surface area contributed by atoms with E-state index >= 15 is 0 Å². The van der Waals surface area contributed by atoms with Crippen molar-refractivity contribution in [2.45, 2.75) is 134 Å². The number of hydrogen-bond acceptors (Lipinski definition) is 6. The molecule has 2 aromatic carbocycles. The minimum Gasteiger partial charge on any atom is -0.427 e. The summed E-state index contributed by atoms with van der Waals surface area (Å²) in [5, 5.41) is 21.3. The van der Waals surface area contributed by atoms with Crippen LogP contribution in [0.5, 0.6) is 11.5 Å². The molecule has 0 aromatic heterocycles. The van der Waals surface area contributed by atoms with Crippen LogP contribution >= 0.6 is 0 Å². The molecule has 2 N–H and O–H groups in total. The highest BCUT2D eigenvalue weighted by Crippen LogP contribution is 2.62. The average Bonchev–Trinajstić information content (AvgIpc) is 3.54. The van der Waals surface area contributed by atoms with Crippen LogP contribution in [0.15, 0.2) is 36.4 Å². The molecule has 10 unspecified atom stereocenters. The molecule has 252 valence electrons. The molecule has 0 radical (unpaired) electrons. The fourth-order valence-corrected chi connectivity index (χ4v) is 11.9. The number of carbonyl (C=O) groups is 2. The number of benzene rings is 2. The first-order chi connectivity index (χ1) is 22.6. The number of aliphatic hydroxyl groups is 2. The standard InChI is InChI=1S/C41H52O6/c1-40-20-18-30-28-12-8-26(22-24(28)6-10-32(30)34(40)14-16-36(40)42)46-38(44)4-3-5-39(45)47-27-9-13-29-25(23-27)7-11-33-31(29)19-21-41(2)35(33)15-17-37(41)43/h8-9,12-13,22-23,30-37,42-43H,3-7,10-11,14-21H2,1-2H3. The summed E-state index contributed by atoms with van der Waals surface area (Å²) in [5.74, 6) is 4.10. The van der Waals surface area contributed by atoms with Crippen molar-refractivity contribution in [1.82, 2.24) is 0 Å². The summed E-state index contributed by atoms with van der Waals surface area (Å²) in [5.41, 5.74) is 5.55. The minimum absolute atomic E-state index is 0.0740. The Bertz CT molecular complexity index is 1430. The fraction of sp³-hybridized carbons (Fsp3) is 0.659. The molecule has 47 heavy (non-hydrogen) atoms. The molecule has 8 rings (SSSR count). The highest BCUT2D eigenvalue weighted by Gasteiger charge is 2.55. The number of aliphatic hydroxyl groups excluding tert-OH is 2. The summed E-state index contributed by atoms with van der Waals surface area (Å²) in [7, 11) is 0. The zero-order valence-corrected chi connectivity index (χ0v) is 28.2. The molecule has 6 nitrogen and oxygen atoms in total. The highest BCUT2D eigenvalue weighted by molar-refractivity contribution is 5.75. The van der Waals surface area contributed by atoms with Crippen molar-refractivity contribution in [2.75, 3.05) is 0 Å². The lowest BCUT2D eigenvalue weighted by atomic mass is 9.55. The molecule has 0 amide bonds. The Hall–Kier alpha value is -2.70. The first-order valence-corrected chi connectivity index (χ1v) is 18.7. The lowest BCUT2D eigenvalue weighted by molar-refractivity contribution is -0.136. The highest BCUT2D eigenvalue weighted by atomic mass is 16.5. The van der Waals surface area contributed by atoms with Crippen LogP contribution in [0.25, 0.3) is 0 Å². The fourth-order valence-electron chi connectivity index (χ4n) is 11.9. The summed E-state index contributed by atoms with van der Waals surface area (Å²) in [6, 6.07) is 12.3. The second kappa shape index (κ2) is 12.0. The van der Waals surface area contributed by atoms with Crippen LogP contribution in [0.3, 0.4) is 0 Å². The SMILES string of the molecule is CC12CCC3c4ccc(OC(=O)CCCC(=O)Oc5ccc6c(c5)CCC5C6CCC6(C)C(O)CCC56)cc4CCC3C1CCC2O. The third-order valence-corrected chi connectivity index (χ3v) is 14.5. The van der Waals surface area contributed by atoms with Crippen molar-refractivity contribution in [3.05, 3.63) is 58.7 Å². The molecule has 0 saturated heterocycles. The summed E-state index contributed by atoms with van der Waals surface area (Å²) in [6.07, 6.45) is 13.2. The van der Waals surface area contributed by atoms with E-state index in [2.05, 4.69) is 38.1 Å². The molecular formula is C41H52O6. The molecular weight excluding hydrogens is 588 g/mol. The van der Waals surface area contributed by atoms with E-state index < -0.39 is 0 Å². The molecule has 10 atom stereocenters. The van der Waals surface area contributed by atoms with Gasteiger partial charge in [0.1, 0.15) is 11.5 Å². The zero-order valence-electron chi connectivity index (χ0n) is 28.2. The number of rotatable bonds is 6. The van der Waals surface area contributed by atoms with E-state index in [-0.39, 0.29) is 47.8 Å². The second-order valence-corrected chi connectivity index (χ2v) is 16.6. The van der Waals surface area contributed by atoms with Crippen molar-refractivity contribution in [2.24, 2.45) is 34.5 Å². The van der Waals surface area contributed by atoms with Gasteiger partial charge in [-0.2, -0.15) is 0 Å². The van der Waals surface area contributed by atoms with Crippen LogP contribution in [0.4, 0.5) is 0 Å². The van der Waals surface area contributed by atoms with E-state index in [1.807, 2.05) is 12.1 Å².